The van der Waals surface area contributed by atoms with Gasteiger partial charge >= 0.3 is 0 Å². The van der Waals surface area contributed by atoms with Crippen LogP contribution in [0.2, 0.25) is 0 Å². The molecule has 0 saturated heterocycles. The molecule has 3 heterocycles. The average Bonchev–Trinajstić information content (AvgIpc) is 3.43. The minimum atomic E-state index is -0.940. The molecular formula is C20H16F2N4O. The average molecular weight is 366 g/mol. The molecule has 27 heavy (non-hydrogen) atoms. The van der Waals surface area contributed by atoms with Crippen molar-refractivity contribution in [2.24, 2.45) is 0 Å². The number of rotatable bonds is 3. The van der Waals surface area contributed by atoms with Crippen LogP contribution in [-0.4, -0.2) is 19.6 Å². The van der Waals surface area contributed by atoms with Crippen LogP contribution < -0.4 is 0 Å². The molecule has 7 heteroatoms. The second kappa shape index (κ2) is 6.26. The number of aromatic nitrogens is 4. The van der Waals surface area contributed by atoms with Gasteiger partial charge in [-0.3, -0.25) is 4.40 Å². The molecule has 1 saturated carbocycles. The van der Waals surface area contributed by atoms with E-state index in [0.717, 1.165) is 30.4 Å². The molecule has 1 aliphatic carbocycles. The van der Waals surface area contributed by atoms with Crippen LogP contribution in [-0.2, 0) is 0 Å². The third-order valence-electron chi connectivity index (χ3n) is 5.19. The van der Waals surface area contributed by atoms with Gasteiger partial charge in [0, 0.05) is 23.2 Å². The third kappa shape index (κ3) is 2.61. The Labute approximate surface area is 153 Å². The maximum Gasteiger partial charge on any atom is 0.182 e. The van der Waals surface area contributed by atoms with Crippen molar-refractivity contribution in [1.82, 2.24) is 19.6 Å². The van der Waals surface area contributed by atoms with E-state index in [0.29, 0.717) is 17.2 Å². The Hall–Kier alpha value is -3.09. The van der Waals surface area contributed by atoms with Gasteiger partial charge in [0.25, 0.3) is 0 Å². The molecule has 0 spiro atoms. The molecule has 0 bridgehead atoms. The lowest BCUT2D eigenvalue weighted by atomic mass is 10.1. The summed E-state index contributed by atoms with van der Waals surface area (Å²) in [6.45, 7) is 0. The number of hydrogen-bond acceptors (Lipinski definition) is 4. The van der Waals surface area contributed by atoms with Crippen molar-refractivity contribution >= 4 is 5.65 Å². The van der Waals surface area contributed by atoms with Crippen LogP contribution in [0.25, 0.3) is 28.2 Å². The van der Waals surface area contributed by atoms with E-state index < -0.39 is 11.6 Å². The predicted octanol–water partition coefficient (Wildman–Crippen LogP) is 4.99. The number of pyridine rings is 1. The fourth-order valence-electron chi connectivity index (χ4n) is 3.83. The first-order chi connectivity index (χ1) is 13.2. The monoisotopic (exact) mass is 366 g/mol. The van der Waals surface area contributed by atoms with Gasteiger partial charge in [0.1, 0.15) is 11.5 Å². The Kier molecular flexibility index (Phi) is 3.74. The van der Waals surface area contributed by atoms with Crippen molar-refractivity contribution < 1.29 is 13.2 Å². The standard InChI is InChI=1S/C20H16F2N4O/c21-15-7-3-6-14(17(15)22)18-19(27-11-23-18)13-8-9-16-24-25-20(26(16)10-13)12-4-1-2-5-12/h3,6-12H,1-2,4-5H2. The quantitative estimate of drug-likeness (QED) is 0.513. The predicted molar refractivity (Wildman–Crippen MR) is 95.0 cm³/mol. The smallest absolute Gasteiger partial charge is 0.182 e. The zero-order valence-corrected chi connectivity index (χ0v) is 14.4. The summed E-state index contributed by atoms with van der Waals surface area (Å²) in [5, 5.41) is 8.61. The summed E-state index contributed by atoms with van der Waals surface area (Å²) in [6.07, 6.45) is 7.72. The molecular weight excluding hydrogens is 350 g/mol. The lowest BCUT2D eigenvalue weighted by molar-refractivity contribution is 0.511. The summed E-state index contributed by atoms with van der Waals surface area (Å²) in [5.41, 5.74) is 1.79. The highest BCUT2D eigenvalue weighted by Gasteiger charge is 2.23. The number of hydrogen-bond donors (Lipinski definition) is 0. The molecule has 1 aromatic carbocycles. The van der Waals surface area contributed by atoms with E-state index >= 15 is 0 Å². The lowest BCUT2D eigenvalue weighted by Crippen LogP contribution is -2.00. The highest BCUT2D eigenvalue weighted by molar-refractivity contribution is 5.77. The first-order valence-corrected chi connectivity index (χ1v) is 8.95. The normalized spacial score (nSPS) is 15.0. The number of benzene rings is 1. The van der Waals surface area contributed by atoms with Crippen LogP contribution in [0.5, 0.6) is 0 Å². The minimum absolute atomic E-state index is 0.0682. The van der Waals surface area contributed by atoms with Crippen molar-refractivity contribution in [1.29, 1.82) is 0 Å². The van der Waals surface area contributed by atoms with E-state index in [9.17, 15) is 8.78 Å². The summed E-state index contributed by atoms with van der Waals surface area (Å²) in [4.78, 5) is 4.12. The summed E-state index contributed by atoms with van der Waals surface area (Å²) in [7, 11) is 0. The van der Waals surface area contributed by atoms with Gasteiger partial charge in [0.2, 0.25) is 0 Å². The van der Waals surface area contributed by atoms with Crippen molar-refractivity contribution in [3.05, 3.63) is 60.4 Å². The van der Waals surface area contributed by atoms with Crippen LogP contribution in [0.15, 0.2) is 47.3 Å². The van der Waals surface area contributed by atoms with Crippen molar-refractivity contribution in [3.8, 4) is 22.6 Å². The second-order valence-corrected chi connectivity index (χ2v) is 6.82. The van der Waals surface area contributed by atoms with Crippen molar-refractivity contribution in [2.45, 2.75) is 31.6 Å². The Morgan fingerprint density at radius 1 is 1.04 bits per heavy atom. The van der Waals surface area contributed by atoms with Gasteiger partial charge in [-0.2, -0.15) is 0 Å². The maximum absolute atomic E-state index is 14.3. The van der Waals surface area contributed by atoms with E-state index in [2.05, 4.69) is 15.2 Å². The van der Waals surface area contributed by atoms with Crippen molar-refractivity contribution in [2.75, 3.05) is 0 Å². The number of fused-ring (bicyclic) bond motifs is 1. The van der Waals surface area contributed by atoms with Crippen LogP contribution in [0, 0.1) is 11.6 Å². The SMILES string of the molecule is Fc1cccc(-c2ncoc2-c2ccc3nnc(C4CCCC4)n3c2)c1F. The number of nitrogens with zero attached hydrogens (tertiary/aromatic N) is 4. The summed E-state index contributed by atoms with van der Waals surface area (Å²) >= 11 is 0. The largest absolute Gasteiger partial charge is 0.443 e. The molecule has 0 N–H and O–H groups in total. The van der Waals surface area contributed by atoms with Crippen LogP contribution in [0.1, 0.15) is 37.4 Å². The van der Waals surface area contributed by atoms with Crippen LogP contribution in [0.4, 0.5) is 8.78 Å². The van der Waals surface area contributed by atoms with E-state index in [4.69, 9.17) is 4.42 Å². The zero-order valence-electron chi connectivity index (χ0n) is 14.4. The van der Waals surface area contributed by atoms with Gasteiger partial charge in [-0.25, -0.2) is 13.8 Å². The first-order valence-electron chi connectivity index (χ1n) is 8.95. The molecule has 1 fully saturated rings. The molecule has 3 aromatic heterocycles. The van der Waals surface area contributed by atoms with E-state index in [1.54, 1.807) is 0 Å². The zero-order chi connectivity index (χ0) is 18.4. The molecule has 1 aliphatic rings. The first kappa shape index (κ1) is 16.1. The molecule has 4 aromatic rings. The molecule has 0 unspecified atom stereocenters. The maximum atomic E-state index is 14.3. The van der Waals surface area contributed by atoms with Crippen LogP contribution >= 0.6 is 0 Å². The Morgan fingerprint density at radius 3 is 2.74 bits per heavy atom. The van der Waals surface area contributed by atoms with Gasteiger partial charge in [0.05, 0.1) is 0 Å². The Bertz CT molecular complexity index is 1130. The van der Waals surface area contributed by atoms with E-state index in [-0.39, 0.29) is 11.3 Å². The second-order valence-electron chi connectivity index (χ2n) is 6.82. The van der Waals surface area contributed by atoms with Gasteiger partial charge in [-0.1, -0.05) is 18.9 Å². The number of halogens is 2. The van der Waals surface area contributed by atoms with E-state index in [1.807, 2.05) is 22.7 Å². The van der Waals surface area contributed by atoms with Gasteiger partial charge < -0.3 is 4.42 Å². The summed E-state index contributed by atoms with van der Waals surface area (Å²) in [6, 6.07) is 7.68. The van der Waals surface area contributed by atoms with Crippen LogP contribution in [0.3, 0.4) is 0 Å². The fraction of sp³-hybridized carbons (Fsp3) is 0.250. The van der Waals surface area contributed by atoms with Gasteiger partial charge in [-0.15, -0.1) is 10.2 Å². The third-order valence-corrected chi connectivity index (χ3v) is 5.19. The Morgan fingerprint density at radius 2 is 1.89 bits per heavy atom. The molecule has 5 nitrogen and oxygen atoms in total. The molecule has 0 aliphatic heterocycles. The lowest BCUT2D eigenvalue weighted by Gasteiger charge is -2.08. The molecule has 136 valence electrons. The Balaban J connectivity index is 1.64. The van der Waals surface area contributed by atoms with Gasteiger partial charge in [-0.05, 0) is 37.1 Å². The highest BCUT2D eigenvalue weighted by Crippen LogP contribution is 2.36. The van der Waals surface area contributed by atoms with Gasteiger partial charge in [0.15, 0.2) is 29.4 Å². The fourth-order valence-corrected chi connectivity index (χ4v) is 3.83. The van der Waals surface area contributed by atoms with Crippen molar-refractivity contribution in [3.63, 3.8) is 0 Å². The molecule has 0 amide bonds. The van der Waals surface area contributed by atoms with E-state index in [1.165, 1.54) is 31.4 Å². The molecule has 5 rings (SSSR count). The minimum Gasteiger partial charge on any atom is -0.443 e. The summed E-state index contributed by atoms with van der Waals surface area (Å²) in [5.74, 6) is -0.149. The molecule has 0 atom stereocenters. The summed E-state index contributed by atoms with van der Waals surface area (Å²) < 4.78 is 35.4. The number of oxazole rings is 1. The highest BCUT2D eigenvalue weighted by atomic mass is 19.2. The topological polar surface area (TPSA) is 56.2 Å². The molecule has 0 radical (unpaired) electrons.